The first-order valence-electron chi connectivity index (χ1n) is 8.60. The van der Waals surface area contributed by atoms with Gasteiger partial charge in [-0.05, 0) is 17.5 Å². The summed E-state index contributed by atoms with van der Waals surface area (Å²) in [6.07, 6.45) is 0.00420. The standard InChI is InChI=1S/C21H23NO4/c1-15(2)17-10-6-7-11-18(17)22-20(24)14-26-21(25)13-12-19(23)16-8-4-3-5-9-16/h3-11,15H,12-14H2,1-2H3,(H,22,24). The zero-order valence-electron chi connectivity index (χ0n) is 15.0. The number of ether oxygens (including phenoxy) is 1. The summed E-state index contributed by atoms with van der Waals surface area (Å²) in [5.74, 6) is -0.835. The van der Waals surface area contributed by atoms with E-state index in [9.17, 15) is 14.4 Å². The van der Waals surface area contributed by atoms with E-state index in [1.165, 1.54) is 0 Å². The number of hydrogen-bond donors (Lipinski definition) is 1. The van der Waals surface area contributed by atoms with Gasteiger partial charge in [-0.1, -0.05) is 62.4 Å². The van der Waals surface area contributed by atoms with E-state index < -0.39 is 11.9 Å². The Labute approximate surface area is 153 Å². The number of para-hydroxylation sites is 1. The van der Waals surface area contributed by atoms with Gasteiger partial charge in [-0.3, -0.25) is 14.4 Å². The maximum absolute atomic E-state index is 12.0. The highest BCUT2D eigenvalue weighted by atomic mass is 16.5. The lowest BCUT2D eigenvalue weighted by Gasteiger charge is -2.13. The maximum atomic E-state index is 12.0. The Kier molecular flexibility index (Phi) is 7.09. The lowest BCUT2D eigenvalue weighted by Crippen LogP contribution is -2.22. The maximum Gasteiger partial charge on any atom is 0.306 e. The summed E-state index contributed by atoms with van der Waals surface area (Å²) in [5, 5.41) is 2.75. The fraction of sp³-hybridized carbons (Fsp3) is 0.286. The summed E-state index contributed by atoms with van der Waals surface area (Å²) in [6.45, 7) is 3.70. The third-order valence-corrected chi connectivity index (χ3v) is 3.87. The molecule has 5 nitrogen and oxygen atoms in total. The van der Waals surface area contributed by atoms with Crippen molar-refractivity contribution in [2.24, 2.45) is 0 Å². The van der Waals surface area contributed by atoms with Gasteiger partial charge in [-0.15, -0.1) is 0 Å². The highest BCUT2D eigenvalue weighted by Gasteiger charge is 2.13. The van der Waals surface area contributed by atoms with Crippen LogP contribution in [0.15, 0.2) is 54.6 Å². The van der Waals surface area contributed by atoms with E-state index in [4.69, 9.17) is 4.74 Å². The summed E-state index contributed by atoms with van der Waals surface area (Å²) in [6, 6.07) is 16.3. The predicted molar refractivity (Wildman–Crippen MR) is 100 cm³/mol. The van der Waals surface area contributed by atoms with Crippen LogP contribution in [0.5, 0.6) is 0 Å². The average molecular weight is 353 g/mol. The van der Waals surface area contributed by atoms with Crippen LogP contribution in [-0.2, 0) is 14.3 Å². The molecule has 5 heteroatoms. The monoisotopic (exact) mass is 353 g/mol. The molecule has 0 fully saturated rings. The molecule has 26 heavy (non-hydrogen) atoms. The Morgan fingerprint density at radius 1 is 0.923 bits per heavy atom. The van der Waals surface area contributed by atoms with Gasteiger partial charge in [-0.2, -0.15) is 0 Å². The molecule has 0 saturated heterocycles. The SMILES string of the molecule is CC(C)c1ccccc1NC(=O)COC(=O)CCC(=O)c1ccccc1. The van der Waals surface area contributed by atoms with Gasteiger partial charge in [0, 0.05) is 17.7 Å². The molecule has 0 aliphatic carbocycles. The van der Waals surface area contributed by atoms with Crippen LogP contribution in [0.1, 0.15) is 48.5 Å². The lowest BCUT2D eigenvalue weighted by molar-refractivity contribution is -0.147. The molecule has 1 amide bonds. The topological polar surface area (TPSA) is 72.5 Å². The zero-order valence-corrected chi connectivity index (χ0v) is 15.0. The first-order valence-corrected chi connectivity index (χ1v) is 8.60. The van der Waals surface area contributed by atoms with Gasteiger partial charge in [0.1, 0.15) is 0 Å². The van der Waals surface area contributed by atoms with Crippen LogP contribution in [-0.4, -0.2) is 24.3 Å². The van der Waals surface area contributed by atoms with E-state index in [0.717, 1.165) is 5.56 Å². The van der Waals surface area contributed by atoms with Crippen LogP contribution >= 0.6 is 0 Å². The van der Waals surface area contributed by atoms with E-state index in [1.54, 1.807) is 24.3 Å². The highest BCUT2D eigenvalue weighted by molar-refractivity contribution is 5.98. The first-order chi connectivity index (χ1) is 12.5. The number of nitrogens with one attached hydrogen (secondary N) is 1. The number of rotatable bonds is 8. The molecule has 2 rings (SSSR count). The van der Waals surface area contributed by atoms with E-state index in [2.05, 4.69) is 5.32 Å². The van der Waals surface area contributed by atoms with E-state index in [0.29, 0.717) is 11.3 Å². The van der Waals surface area contributed by atoms with Gasteiger partial charge in [-0.25, -0.2) is 0 Å². The average Bonchev–Trinajstić information content (AvgIpc) is 2.65. The number of anilines is 1. The third-order valence-electron chi connectivity index (χ3n) is 3.87. The molecule has 0 heterocycles. The van der Waals surface area contributed by atoms with Gasteiger partial charge < -0.3 is 10.1 Å². The van der Waals surface area contributed by atoms with E-state index in [1.807, 2.05) is 44.2 Å². The van der Waals surface area contributed by atoms with E-state index in [-0.39, 0.29) is 31.1 Å². The van der Waals surface area contributed by atoms with Crippen molar-refractivity contribution in [3.05, 3.63) is 65.7 Å². The predicted octanol–water partition coefficient (Wildman–Crippen LogP) is 3.95. The summed E-state index contributed by atoms with van der Waals surface area (Å²) >= 11 is 0. The number of carbonyl (C=O) groups is 3. The fourth-order valence-corrected chi connectivity index (χ4v) is 2.50. The molecule has 0 saturated carbocycles. The molecular weight excluding hydrogens is 330 g/mol. The van der Waals surface area contributed by atoms with Crippen molar-refractivity contribution in [1.82, 2.24) is 0 Å². The molecule has 136 valence electrons. The lowest BCUT2D eigenvalue weighted by atomic mass is 10.0. The number of benzene rings is 2. The second-order valence-corrected chi connectivity index (χ2v) is 6.24. The largest absolute Gasteiger partial charge is 0.456 e. The molecule has 0 aliphatic rings. The molecular formula is C21H23NO4. The Morgan fingerprint density at radius 3 is 2.27 bits per heavy atom. The second kappa shape index (κ2) is 9.51. The van der Waals surface area contributed by atoms with Crippen molar-refractivity contribution in [2.75, 3.05) is 11.9 Å². The number of esters is 1. The van der Waals surface area contributed by atoms with Crippen LogP contribution in [0.25, 0.3) is 0 Å². The number of Topliss-reactive ketones (excluding diaryl/α,β-unsaturated/α-hetero) is 1. The zero-order chi connectivity index (χ0) is 18.9. The Balaban J connectivity index is 1.77. The summed E-state index contributed by atoms with van der Waals surface area (Å²) < 4.78 is 4.96. The van der Waals surface area contributed by atoms with Gasteiger partial charge in [0.05, 0.1) is 6.42 Å². The third kappa shape index (κ3) is 5.84. The van der Waals surface area contributed by atoms with Gasteiger partial charge >= 0.3 is 5.97 Å². The first kappa shape index (κ1) is 19.4. The molecule has 0 aromatic heterocycles. The summed E-state index contributed by atoms with van der Waals surface area (Å²) in [4.78, 5) is 35.7. The van der Waals surface area contributed by atoms with Crippen LogP contribution < -0.4 is 5.32 Å². The highest BCUT2D eigenvalue weighted by Crippen LogP contribution is 2.23. The van der Waals surface area contributed by atoms with Crippen molar-refractivity contribution < 1.29 is 19.1 Å². The smallest absolute Gasteiger partial charge is 0.306 e. The van der Waals surface area contributed by atoms with Crippen LogP contribution in [0.4, 0.5) is 5.69 Å². The van der Waals surface area contributed by atoms with Crippen molar-refractivity contribution in [3.63, 3.8) is 0 Å². The van der Waals surface area contributed by atoms with E-state index >= 15 is 0 Å². The molecule has 0 radical (unpaired) electrons. The van der Waals surface area contributed by atoms with Crippen molar-refractivity contribution in [2.45, 2.75) is 32.6 Å². The Morgan fingerprint density at radius 2 is 1.58 bits per heavy atom. The molecule has 1 N–H and O–H groups in total. The minimum Gasteiger partial charge on any atom is -0.456 e. The molecule has 0 spiro atoms. The molecule has 0 aliphatic heterocycles. The van der Waals surface area contributed by atoms with Crippen molar-refractivity contribution in [1.29, 1.82) is 0 Å². The summed E-state index contributed by atoms with van der Waals surface area (Å²) in [5.41, 5.74) is 2.28. The van der Waals surface area contributed by atoms with Crippen LogP contribution in [0, 0.1) is 0 Å². The number of hydrogen-bond acceptors (Lipinski definition) is 4. The summed E-state index contributed by atoms with van der Waals surface area (Å²) in [7, 11) is 0. The minimum atomic E-state index is -0.568. The molecule has 0 atom stereocenters. The van der Waals surface area contributed by atoms with Crippen LogP contribution in [0.3, 0.4) is 0 Å². The molecule has 2 aromatic rings. The Bertz CT molecular complexity index is 769. The molecule has 2 aromatic carbocycles. The van der Waals surface area contributed by atoms with Crippen molar-refractivity contribution >= 4 is 23.3 Å². The number of carbonyl (C=O) groups excluding carboxylic acids is 3. The Hall–Kier alpha value is -2.95. The normalized spacial score (nSPS) is 10.4. The molecule has 0 unspecified atom stereocenters. The number of amides is 1. The van der Waals surface area contributed by atoms with Crippen molar-refractivity contribution in [3.8, 4) is 0 Å². The van der Waals surface area contributed by atoms with Gasteiger partial charge in [0.25, 0.3) is 5.91 Å². The fourth-order valence-electron chi connectivity index (χ4n) is 2.50. The number of ketones is 1. The molecule has 0 bridgehead atoms. The van der Waals surface area contributed by atoms with Gasteiger partial charge in [0.15, 0.2) is 12.4 Å². The minimum absolute atomic E-state index is 0.0520. The second-order valence-electron chi connectivity index (χ2n) is 6.24. The van der Waals surface area contributed by atoms with Crippen LogP contribution in [0.2, 0.25) is 0 Å². The quantitative estimate of drug-likeness (QED) is 0.576. The van der Waals surface area contributed by atoms with Gasteiger partial charge in [0.2, 0.25) is 0 Å².